The fraction of sp³-hybridized carbons (Fsp3) is 1.00. The first-order chi connectivity index (χ1) is 15.7. The minimum atomic E-state index is -1.85. The Balaban J connectivity index is -0.000000133. The van der Waals surface area contributed by atoms with E-state index in [1.54, 1.807) is 0 Å². The van der Waals surface area contributed by atoms with Gasteiger partial charge in [-0.25, -0.2) is 0 Å². The maximum absolute atomic E-state index is 5.97. The molecule has 0 N–H and O–H groups in total. The number of hydrogen-bond donors (Lipinski definition) is 0. The van der Waals surface area contributed by atoms with Crippen LogP contribution in [0.5, 0.6) is 0 Å². The van der Waals surface area contributed by atoms with Crippen molar-refractivity contribution in [1.82, 2.24) is 0 Å². The first-order valence-corrected chi connectivity index (χ1v) is 19.5. The van der Waals surface area contributed by atoms with Crippen LogP contribution in [0, 0.1) is 0 Å². The summed E-state index contributed by atoms with van der Waals surface area (Å²) >= 11 is 0. The van der Waals surface area contributed by atoms with Crippen molar-refractivity contribution in [2.24, 2.45) is 0 Å². The van der Waals surface area contributed by atoms with Crippen molar-refractivity contribution in [3.63, 3.8) is 0 Å². The quantitative estimate of drug-likeness (QED) is 0.248. The van der Waals surface area contributed by atoms with Gasteiger partial charge in [-0.05, 0) is 41.5 Å². The first-order valence-electron chi connectivity index (χ1n) is 13.8. The Labute approximate surface area is 256 Å². The molecule has 0 bridgehead atoms. The number of hydrogen-bond acceptors (Lipinski definition) is 2. The maximum atomic E-state index is 5.97. The summed E-state index contributed by atoms with van der Waals surface area (Å²) in [5.74, 6) is 0. The van der Waals surface area contributed by atoms with Gasteiger partial charge < -0.3 is 29.5 Å². The molecular formula is C28H68N4O2Si2Zr. The van der Waals surface area contributed by atoms with Gasteiger partial charge in [-0.2, -0.15) is 26.2 Å². The standard InChI is InChI=1S/2C10H24NOSi.2C4H10N.Zr/c2*1-9(2,3)11-13(7,8)12-10(4,5)6;2*1-3-5-4-2;/h2*1-8H3;2*3-4H2,1-2H3;/q4*-1;+4. The zero-order chi connectivity index (χ0) is 30.1. The van der Waals surface area contributed by atoms with Gasteiger partial charge in [0.15, 0.2) is 0 Å². The molecule has 0 unspecified atom stereocenters. The third kappa shape index (κ3) is 54.0. The normalized spacial score (nSPS) is 12.6. The molecule has 224 valence electrons. The summed E-state index contributed by atoms with van der Waals surface area (Å²) in [6.45, 7) is 45.8. The predicted octanol–water partition coefficient (Wildman–Crippen LogP) is 10.1. The third-order valence-corrected chi connectivity index (χ3v) is 7.86. The molecule has 0 aliphatic heterocycles. The van der Waals surface area contributed by atoms with E-state index in [9.17, 15) is 0 Å². The first kappa shape index (κ1) is 47.8. The molecule has 0 saturated heterocycles. The largest absolute Gasteiger partial charge is 4.00 e. The van der Waals surface area contributed by atoms with Crippen LogP contribution >= 0.6 is 0 Å². The van der Waals surface area contributed by atoms with E-state index in [4.69, 9.17) is 18.8 Å². The van der Waals surface area contributed by atoms with Crippen molar-refractivity contribution in [3.8, 4) is 0 Å². The van der Waals surface area contributed by atoms with E-state index >= 15 is 0 Å². The van der Waals surface area contributed by atoms with Crippen molar-refractivity contribution in [2.75, 3.05) is 26.2 Å². The summed E-state index contributed by atoms with van der Waals surface area (Å²) in [5, 5.41) is 7.94. The Morgan fingerprint density at radius 2 is 0.649 bits per heavy atom. The fourth-order valence-corrected chi connectivity index (χ4v) is 9.93. The topological polar surface area (TPSA) is 74.9 Å². The minimum absolute atomic E-state index is 0. The van der Waals surface area contributed by atoms with E-state index in [1.807, 2.05) is 27.7 Å². The Bertz CT molecular complexity index is 422. The van der Waals surface area contributed by atoms with Gasteiger partial charge in [-0.1, -0.05) is 95.4 Å². The smallest absolute Gasteiger partial charge is 0.663 e. The molecule has 6 nitrogen and oxygen atoms in total. The molecule has 0 fully saturated rings. The van der Waals surface area contributed by atoms with Gasteiger partial charge in [0.25, 0.3) is 0 Å². The maximum Gasteiger partial charge on any atom is 4.00 e. The molecule has 0 spiro atoms. The Kier molecular flexibility index (Phi) is 28.2. The molecule has 37 heavy (non-hydrogen) atoms. The molecule has 0 heterocycles. The van der Waals surface area contributed by atoms with Crippen LogP contribution in [0.3, 0.4) is 0 Å². The van der Waals surface area contributed by atoms with Crippen LogP contribution < -0.4 is 0 Å². The van der Waals surface area contributed by atoms with Crippen LogP contribution in [-0.4, -0.2) is 65.4 Å². The molecule has 0 aromatic carbocycles. The molecule has 0 aromatic heterocycles. The Morgan fingerprint density at radius 3 is 0.730 bits per heavy atom. The molecule has 0 rings (SSSR count). The van der Waals surface area contributed by atoms with Crippen LogP contribution in [0.2, 0.25) is 26.2 Å². The number of nitrogens with zero attached hydrogens (tertiary/aromatic N) is 4. The Morgan fingerprint density at radius 1 is 0.459 bits per heavy atom. The molecule has 0 amide bonds. The second kappa shape index (κ2) is 21.8. The number of rotatable bonds is 8. The van der Waals surface area contributed by atoms with E-state index in [2.05, 4.69) is 120 Å². The zero-order valence-corrected chi connectivity index (χ0v) is 33.4. The monoisotopic (exact) mass is 638 g/mol. The third-order valence-electron chi connectivity index (χ3n) is 3.22. The molecule has 0 aliphatic carbocycles. The van der Waals surface area contributed by atoms with Gasteiger partial charge in [0, 0.05) is 11.2 Å². The Hall–Kier alpha value is 1.08. The van der Waals surface area contributed by atoms with Crippen molar-refractivity contribution in [2.45, 2.75) is 159 Å². The van der Waals surface area contributed by atoms with Gasteiger partial charge in [0.2, 0.25) is 0 Å². The van der Waals surface area contributed by atoms with Gasteiger partial charge in [-0.3, -0.25) is 0 Å². The molecule has 0 atom stereocenters. The van der Waals surface area contributed by atoms with Crippen molar-refractivity contribution < 1.29 is 35.1 Å². The second-order valence-electron chi connectivity index (χ2n) is 13.6. The molecule has 0 aromatic rings. The van der Waals surface area contributed by atoms with Crippen molar-refractivity contribution in [1.29, 1.82) is 0 Å². The molecule has 9 heteroatoms. The fourth-order valence-electron chi connectivity index (χ4n) is 3.61. The minimum Gasteiger partial charge on any atom is -0.663 e. The van der Waals surface area contributed by atoms with E-state index < -0.39 is 17.0 Å². The molecule has 0 saturated carbocycles. The van der Waals surface area contributed by atoms with Crippen LogP contribution in [0.15, 0.2) is 0 Å². The molecular weight excluding hydrogens is 572 g/mol. The zero-order valence-electron chi connectivity index (χ0n) is 28.9. The molecule has 0 radical (unpaired) electrons. The van der Waals surface area contributed by atoms with E-state index in [0.717, 1.165) is 26.2 Å². The van der Waals surface area contributed by atoms with Crippen LogP contribution in [0.25, 0.3) is 20.6 Å². The van der Waals surface area contributed by atoms with Gasteiger partial charge in [0.05, 0.1) is 17.0 Å². The van der Waals surface area contributed by atoms with E-state index in [1.165, 1.54) is 0 Å². The van der Waals surface area contributed by atoms with Crippen LogP contribution in [0.4, 0.5) is 0 Å². The summed E-state index contributed by atoms with van der Waals surface area (Å²) in [5.41, 5.74) is -0.128. The van der Waals surface area contributed by atoms with Crippen molar-refractivity contribution >= 4 is 17.0 Å². The summed E-state index contributed by atoms with van der Waals surface area (Å²) in [4.78, 5) is 9.49. The summed E-state index contributed by atoms with van der Waals surface area (Å²) < 4.78 is 11.9. The average Bonchev–Trinajstić information content (AvgIpc) is 2.48. The van der Waals surface area contributed by atoms with Gasteiger partial charge >= 0.3 is 26.2 Å². The second-order valence-corrected chi connectivity index (χ2v) is 20.2. The van der Waals surface area contributed by atoms with E-state index in [0.29, 0.717) is 0 Å². The SMILES string of the molecule is CC(C)(C)[N-][Si](C)(C)OC(C)(C)C.CC(C)(C)[N-][Si](C)(C)OC(C)(C)C.CC[N-]CC.CC[N-]CC.[Zr+4]. The predicted molar refractivity (Wildman–Crippen MR) is 172 cm³/mol. The molecule has 0 aliphatic rings. The summed E-state index contributed by atoms with van der Waals surface area (Å²) in [6, 6.07) is 0. The van der Waals surface area contributed by atoms with Crippen LogP contribution in [-0.2, 0) is 35.1 Å². The average molecular weight is 640 g/mol. The van der Waals surface area contributed by atoms with Gasteiger partial charge in [-0.15, -0.1) is 11.1 Å². The van der Waals surface area contributed by atoms with Crippen LogP contribution in [0.1, 0.15) is 111 Å². The van der Waals surface area contributed by atoms with Crippen molar-refractivity contribution in [3.05, 3.63) is 20.6 Å². The van der Waals surface area contributed by atoms with E-state index in [-0.39, 0.29) is 48.5 Å². The summed E-state index contributed by atoms with van der Waals surface area (Å²) in [7, 11) is -3.70. The summed E-state index contributed by atoms with van der Waals surface area (Å²) in [6.07, 6.45) is 0. The van der Waals surface area contributed by atoms with Gasteiger partial charge in [0.1, 0.15) is 0 Å².